The summed E-state index contributed by atoms with van der Waals surface area (Å²) in [4.78, 5) is 0. The van der Waals surface area contributed by atoms with Gasteiger partial charge in [0.1, 0.15) is 13.1 Å². The van der Waals surface area contributed by atoms with Gasteiger partial charge in [0.15, 0.2) is 0 Å². The molecule has 0 heterocycles. The Morgan fingerprint density at radius 1 is 0.488 bits per heavy atom. The van der Waals surface area contributed by atoms with Gasteiger partial charge >= 0.3 is 0 Å². The van der Waals surface area contributed by atoms with Crippen LogP contribution in [0.5, 0.6) is 0 Å². The van der Waals surface area contributed by atoms with Crippen LogP contribution in [0, 0.1) is 0 Å². The molecule has 260 valence electrons. The van der Waals surface area contributed by atoms with Crippen molar-refractivity contribution >= 4 is 10.1 Å². The molecule has 11 heteroatoms. The van der Waals surface area contributed by atoms with Gasteiger partial charge in [-0.05, 0) is 25.7 Å². The van der Waals surface area contributed by atoms with E-state index in [-0.39, 0.29) is 19.0 Å². The molecule has 0 amide bonds. The number of rotatable bonds is 36. The van der Waals surface area contributed by atoms with Gasteiger partial charge in [0.25, 0.3) is 0 Å². The van der Waals surface area contributed by atoms with Crippen LogP contribution in [0.4, 0.5) is 0 Å². The van der Waals surface area contributed by atoms with Crippen molar-refractivity contribution in [3.05, 3.63) is 0 Å². The Morgan fingerprint density at radius 2 is 0.884 bits per heavy atom. The monoisotopic (exact) mass is 641 g/mol. The maximum Gasteiger partial charge on any atom is 0.102 e. The first kappa shape index (κ1) is 42.6. The summed E-state index contributed by atoms with van der Waals surface area (Å²) in [6.45, 7) is 8.94. The van der Waals surface area contributed by atoms with Crippen molar-refractivity contribution in [2.24, 2.45) is 0 Å². The maximum atomic E-state index is 11.1. The second-order valence-corrected chi connectivity index (χ2v) is 13.2. The van der Waals surface area contributed by atoms with Gasteiger partial charge in [-0.3, -0.25) is 0 Å². The Morgan fingerprint density at radius 3 is 1.30 bits per heavy atom. The van der Waals surface area contributed by atoms with Crippen molar-refractivity contribution < 1.29 is 46.6 Å². The number of nitrogens with zero attached hydrogens (tertiary/aromatic N) is 1. The van der Waals surface area contributed by atoms with Gasteiger partial charge in [0.2, 0.25) is 0 Å². The molecule has 0 saturated carbocycles. The summed E-state index contributed by atoms with van der Waals surface area (Å²) in [6.07, 6.45) is 19.3. The molecular weight excluding hydrogens is 574 g/mol. The van der Waals surface area contributed by atoms with Crippen LogP contribution in [0.15, 0.2) is 0 Å². The number of aliphatic hydroxyl groups excluding tert-OH is 2. The zero-order valence-corrected chi connectivity index (χ0v) is 28.3. The van der Waals surface area contributed by atoms with Gasteiger partial charge in [-0.1, -0.05) is 84.0 Å². The van der Waals surface area contributed by atoms with Gasteiger partial charge in [0, 0.05) is 5.75 Å². The minimum atomic E-state index is -4.21. The van der Waals surface area contributed by atoms with Crippen molar-refractivity contribution in [1.29, 1.82) is 0 Å². The lowest BCUT2D eigenvalue weighted by atomic mass is 10.0. The van der Waals surface area contributed by atoms with Crippen LogP contribution < -0.4 is 0 Å². The third-order valence-electron chi connectivity index (χ3n) is 7.90. The van der Waals surface area contributed by atoms with Gasteiger partial charge in [-0.25, -0.2) is 8.42 Å². The number of aliphatic hydroxyl groups is 2. The third-order valence-corrected chi connectivity index (χ3v) is 8.69. The largest absolute Gasteiger partial charge is 0.748 e. The Hall–Kier alpha value is -0.370. The van der Waals surface area contributed by atoms with Crippen LogP contribution >= 0.6 is 0 Å². The van der Waals surface area contributed by atoms with Crippen LogP contribution in [-0.2, 0) is 29.1 Å². The first-order valence-corrected chi connectivity index (χ1v) is 18.8. The Balaban J connectivity index is 4.25. The van der Waals surface area contributed by atoms with E-state index in [1.807, 2.05) is 0 Å². The molecule has 0 saturated heterocycles. The number of hydrogen-bond acceptors (Lipinski definition) is 9. The highest BCUT2D eigenvalue weighted by Gasteiger charge is 2.26. The molecule has 1 atom stereocenters. The third kappa shape index (κ3) is 31.4. The van der Waals surface area contributed by atoms with E-state index in [4.69, 9.17) is 24.1 Å². The minimum Gasteiger partial charge on any atom is -0.748 e. The summed E-state index contributed by atoms with van der Waals surface area (Å²) in [6, 6.07) is 0. The predicted molar refractivity (Wildman–Crippen MR) is 171 cm³/mol. The van der Waals surface area contributed by atoms with E-state index >= 15 is 0 Å². The molecule has 0 aromatic rings. The highest BCUT2D eigenvalue weighted by molar-refractivity contribution is 7.85. The summed E-state index contributed by atoms with van der Waals surface area (Å²) in [5, 5.41) is 18.5. The predicted octanol–water partition coefficient (Wildman–Crippen LogP) is 4.66. The van der Waals surface area contributed by atoms with Crippen LogP contribution in [0.2, 0.25) is 0 Å². The van der Waals surface area contributed by atoms with Crippen molar-refractivity contribution in [3.63, 3.8) is 0 Å². The molecule has 0 spiro atoms. The molecule has 0 rings (SSSR count). The van der Waals surface area contributed by atoms with Crippen LogP contribution in [0.25, 0.3) is 0 Å². The Labute approximate surface area is 264 Å². The molecule has 43 heavy (non-hydrogen) atoms. The van der Waals surface area contributed by atoms with Crippen LogP contribution in [0.1, 0.15) is 110 Å². The average Bonchev–Trinajstić information content (AvgIpc) is 2.97. The van der Waals surface area contributed by atoms with Crippen LogP contribution in [0.3, 0.4) is 0 Å². The van der Waals surface area contributed by atoms with E-state index in [1.54, 1.807) is 0 Å². The molecule has 0 aliphatic rings. The highest BCUT2D eigenvalue weighted by atomic mass is 32.2. The molecule has 0 aromatic heterocycles. The molecule has 0 fully saturated rings. The summed E-state index contributed by atoms with van der Waals surface area (Å²) in [7, 11) is -4.21. The molecule has 0 radical (unpaired) electrons. The summed E-state index contributed by atoms with van der Waals surface area (Å²) >= 11 is 0. The van der Waals surface area contributed by atoms with Gasteiger partial charge < -0.3 is 38.2 Å². The summed E-state index contributed by atoms with van der Waals surface area (Å²) in [5.74, 6) is -0.335. The molecule has 1 unspecified atom stereocenters. The van der Waals surface area contributed by atoms with E-state index in [2.05, 4.69) is 6.92 Å². The smallest absolute Gasteiger partial charge is 0.102 e. The zero-order valence-electron chi connectivity index (χ0n) is 27.5. The second kappa shape index (κ2) is 31.6. The SMILES string of the molecule is CCCCCCCCCCCCCCCC[N+](CCO)(CCCCS(=O)(=O)[O-])CCOCCOCCOCCOCCO. The molecule has 0 aliphatic carbocycles. The molecular formula is C32H67NO9S. The van der Waals surface area contributed by atoms with Crippen LogP contribution in [-0.4, -0.2) is 126 Å². The Kier molecular flexibility index (Phi) is 31.3. The van der Waals surface area contributed by atoms with E-state index < -0.39 is 10.1 Å². The maximum absolute atomic E-state index is 11.1. The first-order chi connectivity index (χ1) is 20.9. The number of quaternary nitrogens is 1. The topological polar surface area (TPSA) is 135 Å². The lowest BCUT2D eigenvalue weighted by molar-refractivity contribution is -0.929. The van der Waals surface area contributed by atoms with E-state index in [9.17, 15) is 18.1 Å². The fourth-order valence-corrected chi connectivity index (χ4v) is 5.89. The minimum absolute atomic E-state index is 0.00828. The van der Waals surface area contributed by atoms with E-state index in [0.717, 1.165) is 32.5 Å². The quantitative estimate of drug-likeness (QED) is 0.0569. The standard InChI is InChI=1S/C32H67NO9S/c1-2-3-4-5-6-7-8-9-10-11-12-13-14-15-18-33(20-22-34,19-16-17-32-43(36,37)38)21-24-39-26-28-41-30-31-42-29-27-40-25-23-35/h34-35H,2-32H2,1H3. The lowest BCUT2D eigenvalue weighted by Gasteiger charge is -2.38. The molecule has 0 aliphatic heterocycles. The lowest BCUT2D eigenvalue weighted by Crippen LogP contribution is -2.53. The van der Waals surface area contributed by atoms with Crippen molar-refractivity contribution in [2.75, 3.05) is 98.0 Å². The average molecular weight is 642 g/mol. The van der Waals surface area contributed by atoms with Crippen molar-refractivity contribution in [2.45, 2.75) is 110 Å². The van der Waals surface area contributed by atoms with Gasteiger partial charge in [0.05, 0.1) is 89.3 Å². The summed E-state index contributed by atoms with van der Waals surface area (Å²) in [5.41, 5.74) is 0. The molecule has 0 bridgehead atoms. The van der Waals surface area contributed by atoms with Gasteiger partial charge in [-0.2, -0.15) is 0 Å². The normalized spacial score (nSPS) is 13.5. The summed E-state index contributed by atoms with van der Waals surface area (Å²) < 4.78 is 55.7. The fraction of sp³-hybridized carbons (Fsp3) is 1.00. The van der Waals surface area contributed by atoms with Crippen molar-refractivity contribution in [3.8, 4) is 0 Å². The fourth-order valence-electron chi connectivity index (χ4n) is 5.34. The Bertz CT molecular complexity index is 669. The number of unbranched alkanes of at least 4 members (excludes halogenated alkanes) is 14. The van der Waals surface area contributed by atoms with E-state index in [0.29, 0.717) is 76.7 Å². The molecule has 0 aromatic carbocycles. The zero-order chi connectivity index (χ0) is 31.7. The van der Waals surface area contributed by atoms with Crippen molar-refractivity contribution in [1.82, 2.24) is 0 Å². The molecule has 2 N–H and O–H groups in total. The van der Waals surface area contributed by atoms with Gasteiger partial charge in [-0.15, -0.1) is 0 Å². The highest BCUT2D eigenvalue weighted by Crippen LogP contribution is 2.16. The molecule has 10 nitrogen and oxygen atoms in total. The second-order valence-electron chi connectivity index (χ2n) is 11.7. The number of ether oxygens (including phenoxy) is 4. The first-order valence-electron chi connectivity index (χ1n) is 17.2. The van der Waals surface area contributed by atoms with E-state index in [1.165, 1.54) is 77.0 Å². The number of hydrogen-bond donors (Lipinski definition) is 2.